The first-order valence-electron chi connectivity index (χ1n) is 4.64. The van der Waals surface area contributed by atoms with Gasteiger partial charge in [-0.15, -0.1) is 0 Å². The smallest absolute Gasteiger partial charge is 0.158 e. The van der Waals surface area contributed by atoms with Crippen molar-refractivity contribution in [2.75, 3.05) is 33.9 Å². The highest BCUT2D eigenvalue weighted by atomic mass is 16.7. The zero-order chi connectivity index (χ0) is 8.81. The number of hydrogen-bond donors (Lipinski definition) is 0. The molecule has 3 nitrogen and oxygen atoms in total. The van der Waals surface area contributed by atoms with E-state index in [-0.39, 0.29) is 6.29 Å². The van der Waals surface area contributed by atoms with E-state index in [1.165, 1.54) is 25.9 Å². The van der Waals surface area contributed by atoms with Gasteiger partial charge in [0.2, 0.25) is 0 Å². The Bertz CT molecular complexity index is 107. The van der Waals surface area contributed by atoms with E-state index in [1.54, 1.807) is 14.2 Å². The Morgan fingerprint density at radius 1 is 1.17 bits per heavy atom. The fraction of sp³-hybridized carbons (Fsp3) is 1.00. The zero-order valence-corrected chi connectivity index (χ0v) is 8.08. The van der Waals surface area contributed by atoms with E-state index in [0.29, 0.717) is 0 Å². The van der Waals surface area contributed by atoms with Crippen molar-refractivity contribution in [1.82, 2.24) is 4.90 Å². The largest absolute Gasteiger partial charge is 0.356 e. The highest BCUT2D eigenvalue weighted by Gasteiger charge is 2.13. The molecule has 0 saturated carbocycles. The van der Waals surface area contributed by atoms with E-state index in [1.807, 2.05) is 0 Å². The van der Waals surface area contributed by atoms with Crippen molar-refractivity contribution in [3.63, 3.8) is 0 Å². The summed E-state index contributed by atoms with van der Waals surface area (Å²) in [5.74, 6) is 0. The molecule has 1 fully saturated rings. The number of ether oxygens (including phenoxy) is 2. The Labute approximate surface area is 74.6 Å². The lowest BCUT2D eigenvalue weighted by molar-refractivity contribution is -0.108. The van der Waals surface area contributed by atoms with E-state index in [2.05, 4.69) is 4.90 Å². The Morgan fingerprint density at radius 3 is 2.25 bits per heavy atom. The van der Waals surface area contributed by atoms with E-state index >= 15 is 0 Å². The van der Waals surface area contributed by atoms with Crippen LogP contribution in [0, 0.1) is 0 Å². The lowest BCUT2D eigenvalue weighted by atomic mass is 10.4. The van der Waals surface area contributed by atoms with Gasteiger partial charge in [-0.2, -0.15) is 0 Å². The second-order valence-electron chi connectivity index (χ2n) is 3.24. The molecule has 0 unspecified atom stereocenters. The van der Waals surface area contributed by atoms with Gasteiger partial charge in [0.15, 0.2) is 6.29 Å². The predicted molar refractivity (Wildman–Crippen MR) is 48.1 cm³/mol. The summed E-state index contributed by atoms with van der Waals surface area (Å²) < 4.78 is 10.2. The van der Waals surface area contributed by atoms with Gasteiger partial charge in [-0.3, -0.25) is 0 Å². The third-order valence-electron chi connectivity index (χ3n) is 2.41. The summed E-state index contributed by atoms with van der Waals surface area (Å²) in [6.45, 7) is 3.60. The van der Waals surface area contributed by atoms with Crippen LogP contribution in [0.15, 0.2) is 0 Å². The molecule has 0 aromatic rings. The maximum absolute atomic E-state index is 5.11. The Hall–Kier alpha value is -0.120. The Morgan fingerprint density at radius 2 is 1.75 bits per heavy atom. The third-order valence-corrected chi connectivity index (χ3v) is 2.41. The molecule has 1 aliphatic heterocycles. The minimum atomic E-state index is -0.0226. The Kier molecular flexibility index (Phi) is 4.58. The van der Waals surface area contributed by atoms with Gasteiger partial charge in [-0.05, 0) is 25.9 Å². The number of methoxy groups -OCH3 is 2. The molecule has 0 aromatic heterocycles. The summed E-state index contributed by atoms with van der Waals surface area (Å²) in [6, 6.07) is 0. The van der Waals surface area contributed by atoms with Crippen molar-refractivity contribution in [2.24, 2.45) is 0 Å². The summed E-state index contributed by atoms with van der Waals surface area (Å²) in [4.78, 5) is 2.46. The standard InChI is InChI=1S/C9H19NO2/c1-11-9(12-2)5-8-10-6-3-4-7-10/h9H,3-8H2,1-2H3. The lowest BCUT2D eigenvalue weighted by Crippen LogP contribution is -2.25. The van der Waals surface area contributed by atoms with Gasteiger partial charge in [-0.25, -0.2) is 0 Å². The third kappa shape index (κ3) is 3.09. The first kappa shape index (κ1) is 9.96. The topological polar surface area (TPSA) is 21.7 Å². The predicted octanol–water partition coefficient (Wildman–Crippen LogP) is 1.09. The van der Waals surface area contributed by atoms with Crippen LogP contribution in [0.25, 0.3) is 0 Å². The zero-order valence-electron chi connectivity index (χ0n) is 8.08. The molecule has 3 heteroatoms. The maximum atomic E-state index is 5.11. The van der Waals surface area contributed by atoms with Crippen LogP contribution in [0.4, 0.5) is 0 Å². The van der Waals surface area contributed by atoms with Crippen LogP contribution < -0.4 is 0 Å². The van der Waals surface area contributed by atoms with Gasteiger partial charge < -0.3 is 14.4 Å². The quantitative estimate of drug-likeness (QED) is 0.581. The normalized spacial score (nSPS) is 19.2. The molecule has 0 aliphatic carbocycles. The van der Waals surface area contributed by atoms with Gasteiger partial charge in [0.25, 0.3) is 0 Å². The van der Waals surface area contributed by atoms with Crippen molar-refractivity contribution in [3.8, 4) is 0 Å². The monoisotopic (exact) mass is 173 g/mol. The molecule has 0 radical (unpaired) electrons. The summed E-state index contributed by atoms with van der Waals surface area (Å²) in [6.07, 6.45) is 3.66. The van der Waals surface area contributed by atoms with E-state index in [4.69, 9.17) is 9.47 Å². The van der Waals surface area contributed by atoms with Gasteiger partial charge in [0, 0.05) is 27.2 Å². The maximum Gasteiger partial charge on any atom is 0.158 e. The van der Waals surface area contributed by atoms with Crippen LogP contribution in [0.2, 0.25) is 0 Å². The Balaban J connectivity index is 2.06. The van der Waals surface area contributed by atoms with Crippen LogP contribution in [0.3, 0.4) is 0 Å². The molecule has 0 atom stereocenters. The number of likely N-dealkylation sites (tertiary alicyclic amines) is 1. The molecule has 12 heavy (non-hydrogen) atoms. The summed E-state index contributed by atoms with van der Waals surface area (Å²) in [5.41, 5.74) is 0. The van der Waals surface area contributed by atoms with E-state index in [9.17, 15) is 0 Å². The first-order chi connectivity index (χ1) is 5.86. The molecule has 1 aliphatic rings. The van der Waals surface area contributed by atoms with Crippen LogP contribution in [0.1, 0.15) is 19.3 Å². The molecule has 0 spiro atoms. The molecule has 0 amide bonds. The number of rotatable bonds is 5. The molecule has 72 valence electrons. The fourth-order valence-electron chi connectivity index (χ4n) is 1.63. The average Bonchev–Trinajstić information content (AvgIpc) is 2.59. The van der Waals surface area contributed by atoms with Crippen molar-refractivity contribution in [1.29, 1.82) is 0 Å². The highest BCUT2D eigenvalue weighted by molar-refractivity contribution is 4.66. The van der Waals surface area contributed by atoms with Crippen molar-refractivity contribution < 1.29 is 9.47 Å². The van der Waals surface area contributed by atoms with Crippen LogP contribution >= 0.6 is 0 Å². The van der Waals surface area contributed by atoms with E-state index in [0.717, 1.165) is 13.0 Å². The molecule has 1 heterocycles. The van der Waals surface area contributed by atoms with Gasteiger partial charge in [0.1, 0.15) is 0 Å². The van der Waals surface area contributed by atoms with E-state index < -0.39 is 0 Å². The minimum absolute atomic E-state index is 0.0226. The second kappa shape index (κ2) is 5.51. The van der Waals surface area contributed by atoms with Crippen LogP contribution in [0.5, 0.6) is 0 Å². The molecular formula is C9H19NO2. The SMILES string of the molecule is COC(CCN1CCCC1)OC. The summed E-state index contributed by atoms with van der Waals surface area (Å²) in [5, 5.41) is 0. The summed E-state index contributed by atoms with van der Waals surface area (Å²) in [7, 11) is 3.39. The van der Waals surface area contributed by atoms with Crippen LogP contribution in [-0.2, 0) is 9.47 Å². The molecule has 0 bridgehead atoms. The van der Waals surface area contributed by atoms with Crippen molar-refractivity contribution in [2.45, 2.75) is 25.6 Å². The number of nitrogens with zero attached hydrogens (tertiary/aromatic N) is 1. The van der Waals surface area contributed by atoms with Gasteiger partial charge >= 0.3 is 0 Å². The molecule has 0 aromatic carbocycles. The second-order valence-corrected chi connectivity index (χ2v) is 3.24. The summed E-state index contributed by atoms with van der Waals surface area (Å²) >= 11 is 0. The number of hydrogen-bond acceptors (Lipinski definition) is 3. The van der Waals surface area contributed by atoms with Crippen molar-refractivity contribution in [3.05, 3.63) is 0 Å². The lowest BCUT2D eigenvalue weighted by Gasteiger charge is -2.18. The van der Waals surface area contributed by atoms with Crippen LogP contribution in [-0.4, -0.2) is 45.0 Å². The molecular weight excluding hydrogens is 154 g/mol. The molecule has 1 rings (SSSR count). The van der Waals surface area contributed by atoms with Gasteiger partial charge in [0.05, 0.1) is 0 Å². The first-order valence-corrected chi connectivity index (χ1v) is 4.64. The fourth-order valence-corrected chi connectivity index (χ4v) is 1.63. The molecule has 0 N–H and O–H groups in total. The minimum Gasteiger partial charge on any atom is -0.356 e. The van der Waals surface area contributed by atoms with Crippen molar-refractivity contribution >= 4 is 0 Å². The molecule has 1 saturated heterocycles. The highest BCUT2D eigenvalue weighted by Crippen LogP contribution is 2.09. The average molecular weight is 173 g/mol. The van der Waals surface area contributed by atoms with Gasteiger partial charge in [-0.1, -0.05) is 0 Å².